The minimum Gasteiger partial charge on any atom is -0.464 e. The molecule has 3 heteroatoms. The van der Waals surface area contributed by atoms with Crippen molar-refractivity contribution in [3.05, 3.63) is 47.5 Å². The summed E-state index contributed by atoms with van der Waals surface area (Å²) >= 11 is 0. The molecule has 0 aliphatic heterocycles. The number of carbonyl (C=O) groups is 1. The number of benzene rings is 1. The lowest BCUT2D eigenvalue weighted by atomic mass is 9.86. The molecule has 0 aliphatic carbocycles. The minimum atomic E-state index is -1.07. The highest BCUT2D eigenvalue weighted by molar-refractivity contribution is 5.74. The average Bonchev–Trinajstić information content (AvgIpc) is 2.43. The highest BCUT2D eigenvalue weighted by Crippen LogP contribution is 2.22. The lowest BCUT2D eigenvalue weighted by Crippen LogP contribution is -2.22. The van der Waals surface area contributed by atoms with Gasteiger partial charge in [-0.1, -0.05) is 57.2 Å². The third-order valence-corrected chi connectivity index (χ3v) is 3.26. The van der Waals surface area contributed by atoms with Gasteiger partial charge in [-0.25, -0.2) is 4.79 Å². The molecule has 1 atom stereocenters. The Labute approximate surface area is 127 Å². The van der Waals surface area contributed by atoms with Gasteiger partial charge in [0.15, 0.2) is 6.10 Å². The molecule has 0 spiro atoms. The van der Waals surface area contributed by atoms with Gasteiger partial charge in [0.1, 0.15) is 0 Å². The van der Waals surface area contributed by atoms with Gasteiger partial charge in [0.2, 0.25) is 0 Å². The van der Waals surface area contributed by atoms with Crippen LogP contribution in [0.2, 0.25) is 0 Å². The maximum atomic E-state index is 11.2. The van der Waals surface area contributed by atoms with Crippen LogP contribution in [0.4, 0.5) is 0 Å². The molecule has 0 radical (unpaired) electrons. The van der Waals surface area contributed by atoms with E-state index < -0.39 is 12.1 Å². The van der Waals surface area contributed by atoms with Crippen LogP contribution in [0.1, 0.15) is 45.2 Å². The second-order valence-corrected chi connectivity index (χ2v) is 6.13. The first-order chi connectivity index (χ1) is 9.84. The summed E-state index contributed by atoms with van der Waals surface area (Å²) in [5.41, 5.74) is 2.69. The summed E-state index contributed by atoms with van der Waals surface area (Å²) in [4.78, 5) is 11.2. The van der Waals surface area contributed by atoms with E-state index in [0.29, 0.717) is 13.0 Å². The van der Waals surface area contributed by atoms with Crippen LogP contribution in [0.5, 0.6) is 0 Å². The molecule has 21 heavy (non-hydrogen) atoms. The molecule has 3 nitrogen and oxygen atoms in total. The molecule has 0 heterocycles. The number of rotatable bonds is 6. The number of hydrogen-bond donors (Lipinski definition) is 1. The van der Waals surface area contributed by atoms with E-state index in [-0.39, 0.29) is 5.41 Å². The Morgan fingerprint density at radius 2 is 1.86 bits per heavy atom. The number of ether oxygens (including phenoxy) is 1. The van der Waals surface area contributed by atoms with E-state index in [4.69, 9.17) is 4.74 Å². The summed E-state index contributed by atoms with van der Waals surface area (Å²) in [6.07, 6.45) is 3.80. The summed E-state index contributed by atoms with van der Waals surface area (Å²) in [5, 5.41) is 9.55. The molecule has 1 unspecified atom stereocenters. The normalized spacial score (nSPS) is 13.4. The maximum absolute atomic E-state index is 11.2. The SMILES string of the molecule is CCOC(=O)C(O)C/C=C/Cc1ccc(C(C)(C)C)cc1. The molecule has 1 N–H and O–H groups in total. The fourth-order valence-electron chi connectivity index (χ4n) is 1.92. The van der Waals surface area contributed by atoms with Gasteiger partial charge in [0.05, 0.1) is 6.61 Å². The van der Waals surface area contributed by atoms with E-state index >= 15 is 0 Å². The van der Waals surface area contributed by atoms with Crippen molar-refractivity contribution in [1.82, 2.24) is 0 Å². The summed E-state index contributed by atoms with van der Waals surface area (Å²) < 4.78 is 4.74. The zero-order valence-electron chi connectivity index (χ0n) is 13.4. The molecule has 0 amide bonds. The molecule has 0 aromatic heterocycles. The number of esters is 1. The average molecular weight is 290 g/mol. The Hall–Kier alpha value is -1.61. The number of carbonyl (C=O) groups excluding carboxylic acids is 1. The van der Waals surface area contributed by atoms with Gasteiger partial charge in [0.25, 0.3) is 0 Å². The Balaban J connectivity index is 2.45. The molecule has 1 aromatic carbocycles. The first-order valence-electron chi connectivity index (χ1n) is 7.43. The first kappa shape index (κ1) is 17.4. The highest BCUT2D eigenvalue weighted by Gasteiger charge is 2.14. The third kappa shape index (κ3) is 6.13. The van der Waals surface area contributed by atoms with E-state index in [9.17, 15) is 9.90 Å². The molecule has 1 rings (SSSR count). The Kier molecular flexibility index (Phi) is 6.63. The molecule has 0 aliphatic rings. The summed E-state index contributed by atoms with van der Waals surface area (Å²) in [6.45, 7) is 8.59. The number of allylic oxidation sites excluding steroid dienone is 1. The quantitative estimate of drug-likeness (QED) is 0.645. The van der Waals surface area contributed by atoms with Crippen LogP contribution in [-0.2, 0) is 21.4 Å². The second-order valence-electron chi connectivity index (χ2n) is 6.13. The Bertz CT molecular complexity index is 466. The van der Waals surface area contributed by atoms with Crippen molar-refractivity contribution in [2.75, 3.05) is 6.61 Å². The molecule has 0 bridgehead atoms. The predicted octanol–water partition coefficient (Wildman–Crippen LogP) is 3.40. The van der Waals surface area contributed by atoms with Gasteiger partial charge in [-0.05, 0) is 29.9 Å². The van der Waals surface area contributed by atoms with Crippen LogP contribution in [0, 0.1) is 0 Å². The zero-order chi connectivity index (χ0) is 15.9. The van der Waals surface area contributed by atoms with Crippen molar-refractivity contribution in [3.8, 4) is 0 Å². The molecule has 0 saturated heterocycles. The fourth-order valence-corrected chi connectivity index (χ4v) is 1.92. The van der Waals surface area contributed by atoms with Crippen molar-refractivity contribution in [2.45, 2.75) is 52.1 Å². The van der Waals surface area contributed by atoms with Crippen LogP contribution < -0.4 is 0 Å². The van der Waals surface area contributed by atoms with Gasteiger partial charge < -0.3 is 9.84 Å². The standard InChI is InChI=1S/C18H26O3/c1-5-21-17(20)16(19)9-7-6-8-14-10-12-15(13-11-14)18(2,3)4/h6-7,10-13,16,19H,5,8-9H2,1-4H3/b7-6+. The van der Waals surface area contributed by atoms with Crippen LogP contribution in [0.25, 0.3) is 0 Å². The Morgan fingerprint density at radius 1 is 1.24 bits per heavy atom. The van der Waals surface area contributed by atoms with E-state index in [1.165, 1.54) is 11.1 Å². The number of hydrogen-bond acceptors (Lipinski definition) is 3. The van der Waals surface area contributed by atoms with Crippen molar-refractivity contribution in [3.63, 3.8) is 0 Å². The van der Waals surface area contributed by atoms with E-state index in [0.717, 1.165) is 6.42 Å². The molecular weight excluding hydrogens is 264 g/mol. The maximum Gasteiger partial charge on any atom is 0.335 e. The van der Waals surface area contributed by atoms with E-state index in [2.05, 4.69) is 45.0 Å². The molecule has 0 saturated carbocycles. The largest absolute Gasteiger partial charge is 0.464 e. The molecule has 0 fully saturated rings. The summed E-state index contributed by atoms with van der Waals surface area (Å²) in [6, 6.07) is 8.53. The Morgan fingerprint density at radius 3 is 2.38 bits per heavy atom. The van der Waals surface area contributed by atoms with E-state index in [1.54, 1.807) is 6.92 Å². The van der Waals surface area contributed by atoms with E-state index in [1.807, 2.05) is 12.2 Å². The number of aliphatic hydroxyl groups is 1. The summed E-state index contributed by atoms with van der Waals surface area (Å²) in [7, 11) is 0. The third-order valence-electron chi connectivity index (χ3n) is 3.26. The van der Waals surface area contributed by atoms with Gasteiger partial charge in [-0.3, -0.25) is 0 Å². The van der Waals surface area contributed by atoms with Gasteiger partial charge >= 0.3 is 5.97 Å². The van der Waals surface area contributed by atoms with Gasteiger partial charge in [-0.2, -0.15) is 0 Å². The number of aliphatic hydroxyl groups excluding tert-OH is 1. The van der Waals surface area contributed by atoms with Gasteiger partial charge in [0, 0.05) is 6.42 Å². The second kappa shape index (κ2) is 7.99. The smallest absolute Gasteiger partial charge is 0.335 e. The van der Waals surface area contributed by atoms with Crippen molar-refractivity contribution < 1.29 is 14.6 Å². The predicted molar refractivity (Wildman–Crippen MR) is 85.2 cm³/mol. The van der Waals surface area contributed by atoms with Crippen LogP contribution >= 0.6 is 0 Å². The van der Waals surface area contributed by atoms with Crippen LogP contribution in [0.15, 0.2) is 36.4 Å². The van der Waals surface area contributed by atoms with Crippen molar-refractivity contribution in [2.24, 2.45) is 0 Å². The molecular formula is C18H26O3. The lowest BCUT2D eigenvalue weighted by Gasteiger charge is -2.18. The van der Waals surface area contributed by atoms with Crippen LogP contribution in [-0.4, -0.2) is 23.8 Å². The first-order valence-corrected chi connectivity index (χ1v) is 7.43. The van der Waals surface area contributed by atoms with Gasteiger partial charge in [-0.15, -0.1) is 0 Å². The van der Waals surface area contributed by atoms with Crippen molar-refractivity contribution in [1.29, 1.82) is 0 Å². The highest BCUT2D eigenvalue weighted by atomic mass is 16.5. The topological polar surface area (TPSA) is 46.5 Å². The lowest BCUT2D eigenvalue weighted by molar-refractivity contribution is -0.152. The van der Waals surface area contributed by atoms with Crippen LogP contribution in [0.3, 0.4) is 0 Å². The fraction of sp³-hybridized carbons (Fsp3) is 0.500. The van der Waals surface area contributed by atoms with Crippen molar-refractivity contribution >= 4 is 5.97 Å². The molecule has 1 aromatic rings. The zero-order valence-corrected chi connectivity index (χ0v) is 13.4. The molecule has 116 valence electrons. The summed E-state index contributed by atoms with van der Waals surface area (Å²) in [5.74, 6) is -0.559. The minimum absolute atomic E-state index is 0.165. The monoisotopic (exact) mass is 290 g/mol.